The molecule has 0 saturated heterocycles. The Labute approximate surface area is 114 Å². The van der Waals surface area contributed by atoms with Gasteiger partial charge in [-0.1, -0.05) is 13.8 Å². The first-order valence-electron chi connectivity index (χ1n) is 5.52. The number of hydrogen-bond donors (Lipinski definition) is 1. The van der Waals surface area contributed by atoms with Crippen LogP contribution in [-0.4, -0.2) is 18.1 Å². The van der Waals surface area contributed by atoms with Crippen LogP contribution in [-0.2, 0) is 16.7 Å². The first-order valence-corrected chi connectivity index (χ1v) is 6.15. The van der Waals surface area contributed by atoms with E-state index in [0.717, 1.165) is 13.2 Å². The van der Waals surface area contributed by atoms with Crippen molar-refractivity contribution in [3.63, 3.8) is 0 Å². The monoisotopic (exact) mass is 293 g/mol. The number of methoxy groups -OCH3 is 1. The number of alkyl halides is 3. The van der Waals surface area contributed by atoms with E-state index in [-0.39, 0.29) is 11.7 Å². The van der Waals surface area contributed by atoms with Crippen molar-refractivity contribution in [1.82, 2.24) is 4.98 Å². The lowest BCUT2D eigenvalue weighted by molar-refractivity contribution is -0.138. The zero-order valence-corrected chi connectivity index (χ0v) is 11.6. The number of aromatic nitrogens is 1. The smallest absolute Gasteiger partial charge is 0.418 e. The van der Waals surface area contributed by atoms with Gasteiger partial charge in [0.2, 0.25) is 0 Å². The Morgan fingerprint density at radius 1 is 1.47 bits per heavy atom. The molecular formula is C12H14F3NO2S. The average molecular weight is 293 g/mol. The number of pyridine rings is 1. The van der Waals surface area contributed by atoms with E-state index in [2.05, 4.69) is 22.3 Å². The molecule has 106 valence electrons. The lowest BCUT2D eigenvalue weighted by Crippen LogP contribution is -2.19. The summed E-state index contributed by atoms with van der Waals surface area (Å²) in [4.78, 5) is 15.3. The first-order chi connectivity index (χ1) is 8.72. The molecule has 1 rings (SSSR count). The van der Waals surface area contributed by atoms with E-state index >= 15 is 0 Å². The van der Waals surface area contributed by atoms with Crippen molar-refractivity contribution in [2.24, 2.45) is 0 Å². The van der Waals surface area contributed by atoms with Crippen LogP contribution in [0.3, 0.4) is 0 Å². The van der Waals surface area contributed by atoms with Crippen molar-refractivity contribution in [3.05, 3.63) is 28.6 Å². The fraction of sp³-hybridized carbons (Fsp3) is 0.500. The van der Waals surface area contributed by atoms with Gasteiger partial charge in [-0.25, -0.2) is 9.78 Å². The first kappa shape index (κ1) is 15.8. The number of ether oxygens (including phenoxy) is 1. The number of halogens is 3. The van der Waals surface area contributed by atoms with Crippen LogP contribution in [0, 0.1) is 0 Å². The fourth-order valence-electron chi connectivity index (χ4n) is 1.66. The number of carbonyl (C=O) groups is 1. The summed E-state index contributed by atoms with van der Waals surface area (Å²) in [5, 5.41) is 0. The third-order valence-corrected chi connectivity index (χ3v) is 2.88. The van der Waals surface area contributed by atoms with Crippen LogP contribution in [0.1, 0.15) is 47.1 Å². The highest BCUT2D eigenvalue weighted by molar-refractivity contribution is 7.79. The fourth-order valence-corrected chi connectivity index (χ4v) is 1.92. The van der Waals surface area contributed by atoms with Gasteiger partial charge in [0, 0.05) is 11.4 Å². The molecule has 1 aromatic rings. The maximum Gasteiger partial charge on any atom is 0.418 e. The highest BCUT2D eigenvalue weighted by Crippen LogP contribution is 2.34. The summed E-state index contributed by atoms with van der Waals surface area (Å²) in [6, 6.07) is 0.918. The van der Waals surface area contributed by atoms with Crippen LogP contribution >= 0.6 is 12.6 Å². The minimum atomic E-state index is -4.66. The summed E-state index contributed by atoms with van der Waals surface area (Å²) in [6.07, 6.45) is -4.66. The van der Waals surface area contributed by atoms with Crippen molar-refractivity contribution >= 4 is 18.6 Å². The van der Waals surface area contributed by atoms with Crippen LogP contribution in [0.15, 0.2) is 6.07 Å². The molecule has 0 radical (unpaired) electrons. The molecule has 19 heavy (non-hydrogen) atoms. The summed E-state index contributed by atoms with van der Waals surface area (Å²) in [7, 11) is 1.02. The highest BCUT2D eigenvalue weighted by Gasteiger charge is 2.37. The number of carbonyl (C=O) groups excluding carboxylic acids is 1. The largest absolute Gasteiger partial charge is 0.464 e. The van der Waals surface area contributed by atoms with E-state index in [9.17, 15) is 18.0 Å². The van der Waals surface area contributed by atoms with E-state index < -0.39 is 23.4 Å². The van der Waals surface area contributed by atoms with Crippen LogP contribution in [0.2, 0.25) is 0 Å². The summed E-state index contributed by atoms with van der Waals surface area (Å²) in [5.74, 6) is -1.10. The molecule has 0 aliphatic carbocycles. The van der Waals surface area contributed by atoms with E-state index in [0.29, 0.717) is 11.3 Å². The lowest BCUT2D eigenvalue weighted by atomic mass is 10.0. The Kier molecular flexibility index (Phi) is 4.84. The molecule has 0 saturated carbocycles. The minimum Gasteiger partial charge on any atom is -0.464 e. The predicted octanol–water partition coefficient (Wildman–Crippen LogP) is 3.44. The Bertz CT molecular complexity index is 487. The van der Waals surface area contributed by atoms with Gasteiger partial charge in [0.1, 0.15) is 0 Å². The molecule has 3 nitrogen and oxygen atoms in total. The molecule has 0 amide bonds. The Morgan fingerprint density at radius 2 is 2.05 bits per heavy atom. The van der Waals surface area contributed by atoms with Gasteiger partial charge in [0.05, 0.1) is 12.7 Å². The van der Waals surface area contributed by atoms with Gasteiger partial charge in [-0.2, -0.15) is 25.8 Å². The maximum atomic E-state index is 12.9. The normalized spacial score (nSPS) is 11.8. The second kappa shape index (κ2) is 5.81. The van der Waals surface area contributed by atoms with E-state index in [1.54, 1.807) is 13.8 Å². The van der Waals surface area contributed by atoms with Crippen molar-refractivity contribution in [1.29, 1.82) is 0 Å². The molecular weight excluding hydrogens is 279 g/mol. The molecule has 0 aliphatic heterocycles. The van der Waals surface area contributed by atoms with Crippen molar-refractivity contribution < 1.29 is 22.7 Å². The zero-order chi connectivity index (χ0) is 14.8. The van der Waals surface area contributed by atoms with Crippen molar-refractivity contribution in [2.45, 2.75) is 31.7 Å². The van der Waals surface area contributed by atoms with Gasteiger partial charge in [0.25, 0.3) is 0 Å². The lowest BCUT2D eigenvalue weighted by Gasteiger charge is -2.17. The van der Waals surface area contributed by atoms with Gasteiger partial charge in [-0.3, -0.25) is 0 Å². The quantitative estimate of drug-likeness (QED) is 0.685. The summed E-state index contributed by atoms with van der Waals surface area (Å²) < 4.78 is 43.1. The highest BCUT2D eigenvalue weighted by atomic mass is 32.1. The number of esters is 1. The molecule has 0 aliphatic rings. The second-order valence-electron chi connectivity index (χ2n) is 4.23. The van der Waals surface area contributed by atoms with Gasteiger partial charge < -0.3 is 4.74 Å². The molecule has 1 heterocycles. The molecule has 0 bridgehead atoms. The topological polar surface area (TPSA) is 39.2 Å². The van der Waals surface area contributed by atoms with Crippen LogP contribution < -0.4 is 0 Å². The van der Waals surface area contributed by atoms with E-state index in [1.165, 1.54) is 0 Å². The number of nitrogens with zero attached hydrogens (tertiary/aromatic N) is 1. The van der Waals surface area contributed by atoms with Crippen molar-refractivity contribution in [3.8, 4) is 0 Å². The molecule has 0 N–H and O–H groups in total. The van der Waals surface area contributed by atoms with E-state index in [4.69, 9.17) is 0 Å². The number of hydrogen-bond acceptors (Lipinski definition) is 4. The summed E-state index contributed by atoms with van der Waals surface area (Å²) in [5.41, 5.74) is -1.02. The second-order valence-corrected chi connectivity index (χ2v) is 4.55. The molecule has 7 heteroatoms. The maximum absolute atomic E-state index is 12.9. The van der Waals surface area contributed by atoms with Gasteiger partial charge in [-0.15, -0.1) is 0 Å². The Morgan fingerprint density at radius 3 is 2.42 bits per heavy atom. The summed E-state index contributed by atoms with van der Waals surface area (Å²) in [6.45, 7) is 3.56. The zero-order valence-electron chi connectivity index (χ0n) is 10.7. The van der Waals surface area contributed by atoms with Gasteiger partial charge in [0.15, 0.2) is 5.69 Å². The minimum absolute atomic E-state index is 0.116. The third-order valence-electron chi connectivity index (χ3n) is 2.54. The van der Waals surface area contributed by atoms with Crippen LogP contribution in [0.25, 0.3) is 0 Å². The number of rotatable bonds is 3. The molecule has 0 spiro atoms. The van der Waals surface area contributed by atoms with Gasteiger partial charge >= 0.3 is 12.1 Å². The SMILES string of the molecule is COC(=O)c1nc(C(C)C)c(CS)cc1C(F)(F)F. The third kappa shape index (κ3) is 3.40. The average Bonchev–Trinajstić information content (AvgIpc) is 2.34. The molecule has 0 aromatic carbocycles. The standard InChI is InChI=1S/C12H14F3NO2S/c1-6(2)9-7(5-19)4-8(12(13,14)15)10(16-9)11(17)18-3/h4,6,19H,5H2,1-3H3. The predicted molar refractivity (Wildman–Crippen MR) is 67.4 cm³/mol. The van der Waals surface area contributed by atoms with Crippen molar-refractivity contribution in [2.75, 3.05) is 7.11 Å². The molecule has 0 unspecified atom stereocenters. The Balaban J connectivity index is 3.58. The molecule has 1 aromatic heterocycles. The van der Waals surface area contributed by atoms with E-state index in [1.807, 2.05) is 0 Å². The van der Waals surface area contributed by atoms with Gasteiger partial charge in [-0.05, 0) is 17.5 Å². The summed E-state index contributed by atoms with van der Waals surface area (Å²) >= 11 is 4.00. The van der Waals surface area contributed by atoms with Crippen LogP contribution in [0.5, 0.6) is 0 Å². The molecule has 0 atom stereocenters. The Hall–Kier alpha value is -1.24. The number of thiol groups is 1. The molecule has 0 fully saturated rings. The van der Waals surface area contributed by atoms with Crippen LogP contribution in [0.4, 0.5) is 13.2 Å².